The van der Waals surface area contributed by atoms with Crippen LogP contribution in [0, 0.1) is 6.92 Å². The highest BCUT2D eigenvalue weighted by Crippen LogP contribution is 2.27. The monoisotopic (exact) mass is 283 g/mol. The molecule has 1 amide bonds. The molecule has 0 aliphatic carbocycles. The largest absolute Gasteiger partial charge is 0.469 e. The first-order valence-electron chi connectivity index (χ1n) is 7.59. The molecular weight excluding hydrogens is 262 g/mol. The molecule has 1 unspecified atom stereocenters. The number of carbonyl (C=O) groups is 1. The normalized spacial score (nSPS) is 18.1. The molecule has 110 valence electrons. The fraction of sp³-hybridized carbons (Fsp3) is 0.389. The highest BCUT2D eigenvalue weighted by atomic mass is 16.3. The number of carbonyl (C=O) groups excluding carboxylic acids is 1. The molecule has 0 saturated carbocycles. The van der Waals surface area contributed by atoms with Gasteiger partial charge in [0.2, 0.25) is 5.91 Å². The number of rotatable bonds is 4. The number of likely N-dealkylation sites (tertiary alicyclic amines) is 1. The van der Waals surface area contributed by atoms with Crippen molar-refractivity contribution in [3.63, 3.8) is 0 Å². The van der Waals surface area contributed by atoms with E-state index in [4.69, 9.17) is 4.42 Å². The standard InChI is InChI=1S/C18H21NO2/c1-14-4-2-5-15(12-14)7-8-18(20)19-10-9-16(13-19)17-6-3-11-21-17/h2-6,11-12,16H,7-10,13H2,1H3. The van der Waals surface area contributed by atoms with Gasteiger partial charge in [0.05, 0.1) is 6.26 Å². The third kappa shape index (κ3) is 3.35. The molecule has 0 N–H and O–H groups in total. The maximum atomic E-state index is 12.3. The highest BCUT2D eigenvalue weighted by molar-refractivity contribution is 5.76. The van der Waals surface area contributed by atoms with E-state index < -0.39 is 0 Å². The average molecular weight is 283 g/mol. The van der Waals surface area contributed by atoms with Gasteiger partial charge in [-0.15, -0.1) is 0 Å². The molecule has 21 heavy (non-hydrogen) atoms. The molecule has 1 saturated heterocycles. The zero-order valence-electron chi connectivity index (χ0n) is 12.4. The summed E-state index contributed by atoms with van der Waals surface area (Å²) >= 11 is 0. The number of furan rings is 1. The first kappa shape index (κ1) is 13.9. The summed E-state index contributed by atoms with van der Waals surface area (Å²) in [6, 6.07) is 12.3. The second-order valence-electron chi connectivity index (χ2n) is 5.83. The maximum Gasteiger partial charge on any atom is 0.222 e. The molecule has 1 fully saturated rings. The van der Waals surface area contributed by atoms with E-state index in [0.29, 0.717) is 12.3 Å². The number of nitrogens with zero attached hydrogens (tertiary/aromatic N) is 1. The van der Waals surface area contributed by atoms with Gasteiger partial charge in [-0.25, -0.2) is 0 Å². The Bertz CT molecular complexity index is 603. The topological polar surface area (TPSA) is 33.5 Å². The Balaban J connectivity index is 1.52. The van der Waals surface area contributed by atoms with Crippen LogP contribution < -0.4 is 0 Å². The Labute approximate surface area is 125 Å². The van der Waals surface area contributed by atoms with Crippen molar-refractivity contribution in [3.05, 3.63) is 59.5 Å². The Hall–Kier alpha value is -2.03. The van der Waals surface area contributed by atoms with Crippen LogP contribution in [-0.4, -0.2) is 23.9 Å². The first-order chi connectivity index (χ1) is 10.2. The molecule has 1 aromatic heterocycles. The van der Waals surface area contributed by atoms with Gasteiger partial charge >= 0.3 is 0 Å². The fourth-order valence-corrected chi connectivity index (χ4v) is 3.02. The third-order valence-electron chi connectivity index (χ3n) is 4.20. The molecule has 1 aromatic carbocycles. The molecule has 2 aromatic rings. The fourth-order valence-electron chi connectivity index (χ4n) is 3.02. The Morgan fingerprint density at radius 1 is 1.33 bits per heavy atom. The number of benzene rings is 1. The van der Waals surface area contributed by atoms with Crippen molar-refractivity contribution in [2.75, 3.05) is 13.1 Å². The third-order valence-corrected chi connectivity index (χ3v) is 4.20. The quantitative estimate of drug-likeness (QED) is 0.860. The van der Waals surface area contributed by atoms with Gasteiger partial charge < -0.3 is 9.32 Å². The molecule has 3 rings (SSSR count). The van der Waals surface area contributed by atoms with Gasteiger partial charge in [0, 0.05) is 25.4 Å². The lowest BCUT2D eigenvalue weighted by Gasteiger charge is -2.16. The molecule has 1 aliphatic heterocycles. The molecule has 0 spiro atoms. The van der Waals surface area contributed by atoms with Crippen molar-refractivity contribution < 1.29 is 9.21 Å². The van der Waals surface area contributed by atoms with Gasteiger partial charge in [-0.05, 0) is 37.5 Å². The summed E-state index contributed by atoms with van der Waals surface area (Å²) in [6.45, 7) is 3.72. The average Bonchev–Trinajstić information content (AvgIpc) is 3.15. The lowest BCUT2D eigenvalue weighted by atomic mass is 10.1. The summed E-state index contributed by atoms with van der Waals surface area (Å²) in [4.78, 5) is 14.3. The summed E-state index contributed by atoms with van der Waals surface area (Å²) in [6.07, 6.45) is 4.12. The van der Waals surface area contributed by atoms with E-state index in [2.05, 4.69) is 31.2 Å². The summed E-state index contributed by atoms with van der Waals surface area (Å²) in [5, 5.41) is 0. The van der Waals surface area contributed by atoms with Crippen LogP contribution in [0.1, 0.15) is 35.6 Å². The van der Waals surface area contributed by atoms with Crippen LogP contribution in [0.3, 0.4) is 0 Å². The van der Waals surface area contributed by atoms with Crippen LogP contribution in [0.4, 0.5) is 0 Å². The molecule has 1 atom stereocenters. The van der Waals surface area contributed by atoms with Gasteiger partial charge in [-0.2, -0.15) is 0 Å². The zero-order chi connectivity index (χ0) is 14.7. The molecular formula is C18H21NO2. The van der Waals surface area contributed by atoms with Crippen LogP contribution in [0.2, 0.25) is 0 Å². The number of aryl methyl sites for hydroxylation is 2. The maximum absolute atomic E-state index is 12.3. The summed E-state index contributed by atoms with van der Waals surface area (Å²) in [5.74, 6) is 1.62. The van der Waals surface area contributed by atoms with Crippen LogP contribution in [0.15, 0.2) is 47.1 Å². The van der Waals surface area contributed by atoms with Crippen molar-refractivity contribution in [3.8, 4) is 0 Å². The van der Waals surface area contributed by atoms with Gasteiger partial charge in [-0.1, -0.05) is 29.8 Å². The SMILES string of the molecule is Cc1cccc(CCC(=O)N2CCC(c3ccco3)C2)c1. The van der Waals surface area contributed by atoms with Crippen LogP contribution in [0.5, 0.6) is 0 Å². The van der Waals surface area contributed by atoms with E-state index in [-0.39, 0.29) is 5.91 Å². The van der Waals surface area contributed by atoms with E-state index in [0.717, 1.165) is 31.7 Å². The summed E-state index contributed by atoms with van der Waals surface area (Å²) in [7, 11) is 0. The molecule has 1 aliphatic rings. The summed E-state index contributed by atoms with van der Waals surface area (Å²) in [5.41, 5.74) is 2.49. The minimum absolute atomic E-state index is 0.255. The van der Waals surface area contributed by atoms with E-state index in [1.165, 1.54) is 11.1 Å². The van der Waals surface area contributed by atoms with Gasteiger partial charge in [0.25, 0.3) is 0 Å². The van der Waals surface area contributed by atoms with Crippen molar-refractivity contribution in [2.24, 2.45) is 0 Å². The molecule has 0 bridgehead atoms. The smallest absolute Gasteiger partial charge is 0.222 e. The Kier molecular flexibility index (Phi) is 4.09. The number of amides is 1. The Morgan fingerprint density at radius 3 is 3.00 bits per heavy atom. The predicted octanol–water partition coefficient (Wildman–Crippen LogP) is 3.54. The van der Waals surface area contributed by atoms with Crippen LogP contribution in [0.25, 0.3) is 0 Å². The minimum atomic E-state index is 0.255. The Morgan fingerprint density at radius 2 is 2.24 bits per heavy atom. The van der Waals surface area contributed by atoms with E-state index in [9.17, 15) is 4.79 Å². The second-order valence-corrected chi connectivity index (χ2v) is 5.83. The minimum Gasteiger partial charge on any atom is -0.469 e. The van der Waals surface area contributed by atoms with Gasteiger partial charge in [0.15, 0.2) is 0 Å². The molecule has 3 nitrogen and oxygen atoms in total. The van der Waals surface area contributed by atoms with Crippen molar-refractivity contribution in [2.45, 2.75) is 32.1 Å². The van der Waals surface area contributed by atoms with E-state index in [1.807, 2.05) is 17.0 Å². The van der Waals surface area contributed by atoms with E-state index >= 15 is 0 Å². The lowest BCUT2D eigenvalue weighted by molar-refractivity contribution is -0.130. The predicted molar refractivity (Wildman–Crippen MR) is 82.1 cm³/mol. The molecule has 0 radical (unpaired) electrons. The second kappa shape index (κ2) is 6.17. The molecule has 3 heteroatoms. The number of hydrogen-bond donors (Lipinski definition) is 0. The lowest BCUT2D eigenvalue weighted by Crippen LogP contribution is -2.28. The first-order valence-corrected chi connectivity index (χ1v) is 7.59. The van der Waals surface area contributed by atoms with E-state index in [1.54, 1.807) is 6.26 Å². The van der Waals surface area contributed by atoms with Crippen molar-refractivity contribution in [1.29, 1.82) is 0 Å². The van der Waals surface area contributed by atoms with Crippen LogP contribution >= 0.6 is 0 Å². The highest BCUT2D eigenvalue weighted by Gasteiger charge is 2.28. The zero-order valence-corrected chi connectivity index (χ0v) is 12.4. The van der Waals surface area contributed by atoms with Gasteiger partial charge in [-0.3, -0.25) is 4.79 Å². The van der Waals surface area contributed by atoms with Crippen molar-refractivity contribution in [1.82, 2.24) is 4.90 Å². The molecule has 2 heterocycles. The van der Waals surface area contributed by atoms with Gasteiger partial charge in [0.1, 0.15) is 5.76 Å². The number of hydrogen-bond acceptors (Lipinski definition) is 2. The summed E-state index contributed by atoms with van der Waals surface area (Å²) < 4.78 is 5.45. The van der Waals surface area contributed by atoms with Crippen molar-refractivity contribution >= 4 is 5.91 Å². The van der Waals surface area contributed by atoms with Crippen LogP contribution in [-0.2, 0) is 11.2 Å².